The van der Waals surface area contributed by atoms with Crippen molar-refractivity contribution in [2.45, 2.75) is 57.8 Å². The van der Waals surface area contributed by atoms with Gasteiger partial charge in [0.15, 0.2) is 5.75 Å². The number of ether oxygens (including phenoxy) is 7. The monoisotopic (exact) mass is 989 g/mol. The number of piperazine rings is 1. The topological polar surface area (TPSA) is 230 Å². The molecule has 2 unspecified atom stereocenters. The number of nitrogens with zero attached hydrogens (tertiary/aromatic N) is 5. The summed E-state index contributed by atoms with van der Waals surface area (Å²) in [6.07, 6.45) is 0.203. The Hall–Kier alpha value is -6.29. The zero-order valence-corrected chi connectivity index (χ0v) is 39.3. The van der Waals surface area contributed by atoms with Crippen LogP contribution in [-0.2, 0) is 40.0 Å². The summed E-state index contributed by atoms with van der Waals surface area (Å²) in [6.45, 7) is 2.87. The zero-order chi connectivity index (χ0) is 48.7. The predicted octanol–water partition coefficient (Wildman–Crippen LogP) is 6.50. The molecule has 1 saturated heterocycles. The van der Waals surface area contributed by atoms with Crippen molar-refractivity contribution in [1.82, 2.24) is 14.7 Å². The molecule has 23 heteroatoms. The van der Waals surface area contributed by atoms with Crippen molar-refractivity contribution in [2.24, 2.45) is 0 Å². The highest BCUT2D eigenvalue weighted by molar-refractivity contribution is 6.37. The average molecular weight is 991 g/mol. The lowest BCUT2D eigenvalue weighted by Gasteiger charge is -2.50. The van der Waals surface area contributed by atoms with E-state index >= 15 is 4.79 Å². The normalized spacial score (nSPS) is 16.4. The Morgan fingerprint density at radius 1 is 0.750 bits per heavy atom. The molecular formula is C45H53Cl2N5O16. The van der Waals surface area contributed by atoms with Crippen molar-refractivity contribution in [3.05, 3.63) is 113 Å². The number of rotatable bonds is 25. The first-order valence-corrected chi connectivity index (χ1v) is 22.6. The van der Waals surface area contributed by atoms with Gasteiger partial charge in [0.25, 0.3) is 16.1 Å². The number of benzene rings is 3. The van der Waals surface area contributed by atoms with E-state index < -0.39 is 34.4 Å². The van der Waals surface area contributed by atoms with E-state index in [4.69, 9.17) is 56.4 Å². The van der Waals surface area contributed by atoms with Crippen LogP contribution in [0.1, 0.15) is 41.5 Å². The number of fused-ring (bicyclic) bond motifs is 2. The van der Waals surface area contributed by atoms with Gasteiger partial charge in [-0.3, -0.25) is 9.69 Å². The Labute approximate surface area is 401 Å². The first-order chi connectivity index (χ1) is 32.7. The number of aryl methyl sites for hydroxylation is 2. The fraction of sp³-hybridized carbons (Fsp3) is 0.489. The van der Waals surface area contributed by atoms with Crippen LogP contribution in [0.5, 0.6) is 17.2 Å². The van der Waals surface area contributed by atoms with Gasteiger partial charge in [-0.2, -0.15) is 0 Å². The maximum atomic E-state index is 15.4. The molecule has 3 amide bonds. The van der Waals surface area contributed by atoms with Gasteiger partial charge in [0.1, 0.15) is 51.1 Å². The Balaban J connectivity index is 1.28. The van der Waals surface area contributed by atoms with Crippen LogP contribution in [0.25, 0.3) is 5.57 Å². The second-order valence-electron chi connectivity index (χ2n) is 15.9. The van der Waals surface area contributed by atoms with Crippen LogP contribution in [-0.4, -0.2) is 147 Å². The Bertz CT molecular complexity index is 2280. The molecule has 21 nitrogen and oxygen atoms in total. The van der Waals surface area contributed by atoms with Crippen molar-refractivity contribution >= 4 is 46.9 Å². The molecule has 3 aliphatic rings. The van der Waals surface area contributed by atoms with Crippen LogP contribution < -0.4 is 14.2 Å². The largest absolute Gasteiger partial charge is 0.496 e. The summed E-state index contributed by atoms with van der Waals surface area (Å²) < 4.78 is 39.2. The van der Waals surface area contributed by atoms with Gasteiger partial charge in [-0.1, -0.05) is 47.5 Å². The number of hydrogen-bond donors (Lipinski definition) is 0. The third-order valence-electron chi connectivity index (χ3n) is 11.1. The van der Waals surface area contributed by atoms with Crippen LogP contribution in [0.15, 0.2) is 60.2 Å². The molecule has 6 rings (SSSR count). The fourth-order valence-electron chi connectivity index (χ4n) is 7.99. The first kappa shape index (κ1) is 51.1. The lowest BCUT2D eigenvalue weighted by molar-refractivity contribution is -0.758. The van der Waals surface area contributed by atoms with Crippen molar-refractivity contribution in [3.63, 3.8) is 0 Å². The maximum Gasteiger partial charge on any atom is 0.410 e. The number of halogens is 2. The minimum atomic E-state index is -1.01. The molecule has 0 aromatic heterocycles. The maximum absolute atomic E-state index is 15.4. The third-order valence-corrected chi connectivity index (χ3v) is 11.7. The molecule has 3 aromatic rings. The minimum Gasteiger partial charge on any atom is -0.496 e. The second-order valence-corrected chi connectivity index (χ2v) is 16.7. The first-order valence-electron chi connectivity index (χ1n) is 21.8. The lowest BCUT2D eigenvalue weighted by Crippen LogP contribution is -2.65. The summed E-state index contributed by atoms with van der Waals surface area (Å²) in [5, 5.41) is 19.8. The third kappa shape index (κ3) is 14.1. The molecule has 0 spiro atoms. The van der Waals surface area contributed by atoms with E-state index in [0.29, 0.717) is 44.0 Å². The number of carbonyl (C=O) groups is 3. The van der Waals surface area contributed by atoms with Gasteiger partial charge in [0.2, 0.25) is 0 Å². The Morgan fingerprint density at radius 2 is 1.35 bits per heavy atom. The van der Waals surface area contributed by atoms with Crippen LogP contribution in [0, 0.1) is 34.1 Å². The van der Waals surface area contributed by atoms with Crippen LogP contribution in [0.3, 0.4) is 0 Å². The molecule has 0 N–H and O–H groups in total. The van der Waals surface area contributed by atoms with Gasteiger partial charge < -0.3 is 52.6 Å². The van der Waals surface area contributed by atoms with E-state index in [-0.39, 0.29) is 104 Å². The smallest absolute Gasteiger partial charge is 0.410 e. The molecule has 2 fully saturated rings. The summed E-state index contributed by atoms with van der Waals surface area (Å²) in [7, 11) is 1.59. The Kier molecular flexibility index (Phi) is 18.5. The van der Waals surface area contributed by atoms with Gasteiger partial charge in [0, 0.05) is 31.2 Å². The van der Waals surface area contributed by atoms with E-state index in [2.05, 4.69) is 9.68 Å². The highest BCUT2D eigenvalue weighted by Crippen LogP contribution is 2.42. The van der Waals surface area contributed by atoms with E-state index in [1.807, 2.05) is 49.1 Å². The number of carbonyl (C=O) groups excluding carboxylic acids is 3. The summed E-state index contributed by atoms with van der Waals surface area (Å²) in [4.78, 5) is 77.4. The molecule has 368 valence electrons. The molecule has 1 saturated carbocycles. The van der Waals surface area contributed by atoms with Gasteiger partial charge >= 0.3 is 12.2 Å². The van der Waals surface area contributed by atoms with Crippen LogP contribution in [0.2, 0.25) is 10.0 Å². The van der Waals surface area contributed by atoms with Crippen molar-refractivity contribution in [1.29, 1.82) is 0 Å². The second kappa shape index (κ2) is 24.6. The molecule has 0 radical (unpaired) electrons. The highest BCUT2D eigenvalue weighted by atomic mass is 35.5. The number of hydrogen-bond acceptors (Lipinski definition) is 16. The molecular weight excluding hydrogens is 937 g/mol. The molecule has 2 heterocycles. The summed E-state index contributed by atoms with van der Waals surface area (Å²) in [5.74, 6) is 1.27. The molecule has 1 aliphatic carbocycles. The summed E-state index contributed by atoms with van der Waals surface area (Å²) in [6, 6.07) is 14.7. The Morgan fingerprint density at radius 3 is 1.94 bits per heavy atom. The lowest BCUT2D eigenvalue weighted by atomic mass is 9.81. The molecule has 2 aliphatic heterocycles. The van der Waals surface area contributed by atoms with Crippen molar-refractivity contribution < 1.29 is 67.4 Å². The van der Waals surface area contributed by atoms with Gasteiger partial charge in [-0.25, -0.2) is 9.59 Å². The number of amides is 3. The van der Waals surface area contributed by atoms with E-state index in [9.17, 15) is 29.8 Å². The summed E-state index contributed by atoms with van der Waals surface area (Å²) in [5.41, 5.74) is 4.34. The summed E-state index contributed by atoms with van der Waals surface area (Å²) >= 11 is 12.7. The quantitative estimate of drug-likeness (QED) is 0.0501. The molecule has 2 atom stereocenters. The van der Waals surface area contributed by atoms with E-state index in [1.165, 1.54) is 9.80 Å². The van der Waals surface area contributed by atoms with Crippen molar-refractivity contribution in [2.75, 3.05) is 86.3 Å². The van der Waals surface area contributed by atoms with Crippen LogP contribution >= 0.6 is 23.2 Å². The van der Waals surface area contributed by atoms with E-state index in [0.717, 1.165) is 29.5 Å². The van der Waals surface area contributed by atoms with Gasteiger partial charge in [0.05, 0.1) is 55.7 Å². The zero-order valence-electron chi connectivity index (χ0n) is 37.8. The standard InChI is InChI=1S/C45H53Cl2N5O16/c1-29-22-37(46)42(38(47)23-29)64-19-18-63-35-9-5-32(6-10-35)36-25-34-27-48(44(54)65-16-12-61-14-20-67-51(56)57)28-39(50(34)45(55)66-17-13-62-15-21-68-52(58)59)41(36)43(53)49(33-7-8-33)26-31-4-11-40(60-3)30(2)24-31/h4-6,9-11,22-24,33-34,39H,7-8,12-21,25-28H2,1-3H3. The van der Waals surface area contributed by atoms with Crippen LogP contribution in [0.4, 0.5) is 9.59 Å². The molecule has 3 aromatic carbocycles. The number of methoxy groups -OCH3 is 1. The van der Waals surface area contributed by atoms with E-state index in [1.54, 1.807) is 31.4 Å². The molecule has 2 bridgehead atoms. The van der Waals surface area contributed by atoms with Gasteiger partial charge in [-0.15, -0.1) is 20.2 Å². The predicted molar refractivity (Wildman–Crippen MR) is 243 cm³/mol. The fourth-order valence-corrected chi connectivity index (χ4v) is 8.69. The minimum absolute atomic E-state index is 0.00927. The highest BCUT2D eigenvalue weighted by Gasteiger charge is 2.50. The van der Waals surface area contributed by atoms with Crippen molar-refractivity contribution in [3.8, 4) is 17.2 Å². The molecule has 68 heavy (non-hydrogen) atoms. The SMILES string of the molecule is COc1ccc(CN(C(=O)C2=C(c3ccc(OCCOc4c(Cl)cc(C)cc4Cl)cc3)CC3CN(C(=O)OCCOCCO[N+](=O)[O-])CC2N3C(=O)OCCOCCO[N+](=O)[O-])C2CC2)cc1C. The average Bonchev–Trinajstić information content (AvgIpc) is 4.14. The van der Waals surface area contributed by atoms with Gasteiger partial charge in [-0.05, 0) is 91.3 Å².